The van der Waals surface area contributed by atoms with Gasteiger partial charge < -0.3 is 5.32 Å². The molecular formula is C13H18N4O2S. The van der Waals surface area contributed by atoms with E-state index in [4.69, 9.17) is 0 Å². The van der Waals surface area contributed by atoms with Gasteiger partial charge in [0.2, 0.25) is 0 Å². The van der Waals surface area contributed by atoms with E-state index < -0.39 is 9.84 Å². The molecule has 2 rings (SSSR count). The highest BCUT2D eigenvalue weighted by molar-refractivity contribution is 7.91. The van der Waals surface area contributed by atoms with Gasteiger partial charge in [0.15, 0.2) is 9.84 Å². The Bertz CT molecular complexity index is 636. The molecule has 0 spiro atoms. The van der Waals surface area contributed by atoms with E-state index >= 15 is 0 Å². The molecular weight excluding hydrogens is 276 g/mol. The zero-order chi connectivity index (χ0) is 14.6. The van der Waals surface area contributed by atoms with Crippen LogP contribution >= 0.6 is 0 Å². The van der Waals surface area contributed by atoms with Crippen LogP contribution in [-0.4, -0.2) is 41.0 Å². The van der Waals surface area contributed by atoms with Crippen LogP contribution < -0.4 is 5.32 Å². The number of rotatable bonds is 6. The van der Waals surface area contributed by atoms with Gasteiger partial charge in [-0.1, -0.05) is 6.92 Å². The average Bonchev–Trinajstić information content (AvgIpc) is 2.93. The maximum atomic E-state index is 11.5. The van der Waals surface area contributed by atoms with Gasteiger partial charge in [-0.25, -0.2) is 8.42 Å². The van der Waals surface area contributed by atoms with E-state index in [1.807, 2.05) is 31.2 Å². The van der Waals surface area contributed by atoms with E-state index in [9.17, 15) is 8.42 Å². The van der Waals surface area contributed by atoms with Crippen molar-refractivity contribution < 1.29 is 8.42 Å². The molecule has 0 saturated heterocycles. The van der Waals surface area contributed by atoms with Crippen LogP contribution in [0.1, 0.15) is 13.8 Å². The summed E-state index contributed by atoms with van der Waals surface area (Å²) in [5, 5.41) is 11.3. The minimum Gasteiger partial charge on any atom is -0.382 e. The fourth-order valence-electron chi connectivity index (χ4n) is 1.86. The van der Waals surface area contributed by atoms with E-state index in [-0.39, 0.29) is 17.5 Å². The molecule has 1 aromatic carbocycles. The fourth-order valence-corrected chi connectivity index (χ4v) is 2.95. The molecule has 0 fully saturated rings. The zero-order valence-electron chi connectivity index (χ0n) is 11.5. The second kappa shape index (κ2) is 6.04. The summed E-state index contributed by atoms with van der Waals surface area (Å²) >= 11 is 0. The summed E-state index contributed by atoms with van der Waals surface area (Å²) in [4.78, 5) is 1.52. The molecule has 0 aliphatic heterocycles. The first kappa shape index (κ1) is 14.5. The van der Waals surface area contributed by atoms with Crippen LogP contribution in [0.3, 0.4) is 0 Å². The molecule has 0 amide bonds. The van der Waals surface area contributed by atoms with Gasteiger partial charge in [-0.2, -0.15) is 15.0 Å². The normalized spacial score (nSPS) is 13.1. The molecule has 1 unspecified atom stereocenters. The van der Waals surface area contributed by atoms with Crippen LogP contribution in [0.25, 0.3) is 5.69 Å². The van der Waals surface area contributed by atoms with Crippen molar-refractivity contribution in [3.8, 4) is 5.69 Å². The lowest BCUT2D eigenvalue weighted by atomic mass is 10.2. The summed E-state index contributed by atoms with van der Waals surface area (Å²) in [5.41, 5.74) is 1.73. The molecule has 0 radical (unpaired) electrons. The summed E-state index contributed by atoms with van der Waals surface area (Å²) < 4.78 is 23.1. The Kier molecular flexibility index (Phi) is 4.39. The van der Waals surface area contributed by atoms with Gasteiger partial charge in [0.05, 0.1) is 23.8 Å². The second-order valence-electron chi connectivity index (χ2n) is 4.61. The number of hydrogen-bond donors (Lipinski definition) is 1. The Morgan fingerprint density at radius 2 is 1.80 bits per heavy atom. The summed E-state index contributed by atoms with van der Waals surface area (Å²) in [6, 6.07) is 7.39. The van der Waals surface area contributed by atoms with Crippen molar-refractivity contribution in [3.05, 3.63) is 36.7 Å². The summed E-state index contributed by atoms with van der Waals surface area (Å²) in [6.45, 7) is 3.52. The van der Waals surface area contributed by atoms with Crippen molar-refractivity contribution >= 4 is 15.5 Å². The van der Waals surface area contributed by atoms with Crippen molar-refractivity contribution in [2.24, 2.45) is 0 Å². The van der Waals surface area contributed by atoms with Crippen LogP contribution in [0.4, 0.5) is 5.69 Å². The molecule has 20 heavy (non-hydrogen) atoms. The molecule has 1 N–H and O–H groups in total. The lowest BCUT2D eigenvalue weighted by molar-refractivity contribution is 0.593. The van der Waals surface area contributed by atoms with Crippen LogP contribution in [0.5, 0.6) is 0 Å². The SMILES string of the molecule is CCS(=O)(=O)CC(C)Nc1ccc(-n2nccn2)cc1. The summed E-state index contributed by atoms with van der Waals surface area (Å²) in [6.07, 6.45) is 3.23. The number of sulfone groups is 1. The zero-order valence-corrected chi connectivity index (χ0v) is 12.3. The third-order valence-electron chi connectivity index (χ3n) is 2.87. The van der Waals surface area contributed by atoms with Crippen LogP contribution in [0, 0.1) is 0 Å². The Morgan fingerprint density at radius 3 is 2.35 bits per heavy atom. The first-order chi connectivity index (χ1) is 9.50. The Morgan fingerprint density at radius 1 is 1.20 bits per heavy atom. The fraction of sp³-hybridized carbons (Fsp3) is 0.385. The van der Waals surface area contributed by atoms with Crippen molar-refractivity contribution in [2.75, 3.05) is 16.8 Å². The summed E-state index contributed by atoms with van der Waals surface area (Å²) in [7, 11) is -2.97. The molecule has 1 aromatic heterocycles. The standard InChI is InChI=1S/C13H18N4O2S/c1-3-20(18,19)10-11(2)16-12-4-6-13(7-5-12)17-14-8-9-15-17/h4-9,11,16H,3,10H2,1-2H3. The van der Waals surface area contributed by atoms with E-state index in [0.29, 0.717) is 0 Å². The molecule has 6 nitrogen and oxygen atoms in total. The highest BCUT2D eigenvalue weighted by Gasteiger charge is 2.13. The molecule has 7 heteroatoms. The highest BCUT2D eigenvalue weighted by Crippen LogP contribution is 2.13. The monoisotopic (exact) mass is 294 g/mol. The third kappa shape index (κ3) is 3.80. The molecule has 1 atom stereocenters. The maximum Gasteiger partial charge on any atom is 0.152 e. The van der Waals surface area contributed by atoms with Crippen molar-refractivity contribution in [1.82, 2.24) is 15.0 Å². The van der Waals surface area contributed by atoms with Gasteiger partial charge in [-0.05, 0) is 31.2 Å². The number of nitrogens with zero attached hydrogens (tertiary/aromatic N) is 3. The Balaban J connectivity index is 2.01. The van der Waals surface area contributed by atoms with Gasteiger partial charge in [0.25, 0.3) is 0 Å². The number of benzene rings is 1. The smallest absolute Gasteiger partial charge is 0.152 e. The van der Waals surface area contributed by atoms with Crippen molar-refractivity contribution in [1.29, 1.82) is 0 Å². The van der Waals surface area contributed by atoms with Gasteiger partial charge in [-0.3, -0.25) is 0 Å². The Hall–Kier alpha value is -1.89. The molecule has 2 aromatic rings. The molecule has 0 bridgehead atoms. The van der Waals surface area contributed by atoms with Gasteiger partial charge >= 0.3 is 0 Å². The predicted molar refractivity (Wildman–Crippen MR) is 78.8 cm³/mol. The molecule has 1 heterocycles. The van der Waals surface area contributed by atoms with E-state index in [1.54, 1.807) is 19.3 Å². The Labute approximate surface area is 118 Å². The van der Waals surface area contributed by atoms with Gasteiger partial charge in [0, 0.05) is 17.5 Å². The first-order valence-electron chi connectivity index (χ1n) is 6.44. The van der Waals surface area contributed by atoms with E-state index in [2.05, 4.69) is 15.5 Å². The number of anilines is 1. The minimum atomic E-state index is -2.97. The van der Waals surface area contributed by atoms with Crippen LogP contribution in [0.2, 0.25) is 0 Å². The summed E-state index contributed by atoms with van der Waals surface area (Å²) in [5.74, 6) is 0.300. The maximum absolute atomic E-state index is 11.5. The topological polar surface area (TPSA) is 76.9 Å². The van der Waals surface area contributed by atoms with Crippen molar-refractivity contribution in [2.45, 2.75) is 19.9 Å². The quantitative estimate of drug-likeness (QED) is 0.873. The lowest BCUT2D eigenvalue weighted by Gasteiger charge is -2.15. The van der Waals surface area contributed by atoms with Gasteiger partial charge in [-0.15, -0.1) is 0 Å². The predicted octanol–water partition coefficient (Wildman–Crippen LogP) is 1.50. The molecule has 0 aliphatic rings. The second-order valence-corrected chi connectivity index (χ2v) is 7.01. The third-order valence-corrected chi connectivity index (χ3v) is 4.76. The van der Waals surface area contributed by atoms with E-state index in [0.717, 1.165) is 11.4 Å². The van der Waals surface area contributed by atoms with Crippen LogP contribution in [0.15, 0.2) is 36.7 Å². The molecule has 0 saturated carbocycles. The van der Waals surface area contributed by atoms with E-state index in [1.165, 1.54) is 4.80 Å². The lowest BCUT2D eigenvalue weighted by Crippen LogP contribution is -2.26. The first-order valence-corrected chi connectivity index (χ1v) is 8.26. The number of hydrogen-bond acceptors (Lipinski definition) is 5. The largest absolute Gasteiger partial charge is 0.382 e. The van der Waals surface area contributed by atoms with Crippen LogP contribution in [-0.2, 0) is 9.84 Å². The van der Waals surface area contributed by atoms with Gasteiger partial charge in [0.1, 0.15) is 0 Å². The molecule has 108 valence electrons. The number of nitrogens with one attached hydrogen (secondary N) is 1. The van der Waals surface area contributed by atoms with Crippen molar-refractivity contribution in [3.63, 3.8) is 0 Å². The highest BCUT2D eigenvalue weighted by atomic mass is 32.2. The number of aromatic nitrogens is 3. The average molecular weight is 294 g/mol. The minimum absolute atomic E-state index is 0.131. The molecule has 0 aliphatic carbocycles.